The Kier molecular flexibility index (Phi) is 6.01. The average Bonchev–Trinajstić information content (AvgIpc) is 2.82. The van der Waals surface area contributed by atoms with Gasteiger partial charge in [0.05, 0.1) is 14.2 Å². The van der Waals surface area contributed by atoms with Gasteiger partial charge in [0.25, 0.3) is 0 Å². The highest BCUT2D eigenvalue weighted by Crippen LogP contribution is 2.33. The molecule has 0 radical (unpaired) electrons. The van der Waals surface area contributed by atoms with Crippen LogP contribution in [0.2, 0.25) is 0 Å². The van der Waals surface area contributed by atoms with Gasteiger partial charge in [-0.2, -0.15) is 0 Å². The van der Waals surface area contributed by atoms with Gasteiger partial charge in [-0.25, -0.2) is 0 Å². The van der Waals surface area contributed by atoms with Crippen LogP contribution in [0.5, 0.6) is 11.5 Å². The number of hydrogen-bond donors (Lipinski definition) is 1. The van der Waals surface area contributed by atoms with Gasteiger partial charge < -0.3 is 14.8 Å². The molecule has 3 heteroatoms. The topological polar surface area (TPSA) is 30.5 Å². The monoisotopic (exact) mass is 397 g/mol. The number of ether oxygens (including phenoxy) is 2. The predicted octanol–water partition coefficient (Wildman–Crippen LogP) is 6.37. The van der Waals surface area contributed by atoms with Crippen molar-refractivity contribution in [2.24, 2.45) is 0 Å². The van der Waals surface area contributed by atoms with Gasteiger partial charge in [-0.15, -0.1) is 0 Å². The third-order valence-corrected chi connectivity index (χ3v) is 5.53. The lowest BCUT2D eigenvalue weighted by molar-refractivity contribution is 0.413. The first-order valence-corrected chi connectivity index (χ1v) is 10.2. The molecular weight excluding hydrogens is 370 g/mol. The molecule has 1 unspecified atom stereocenters. The second-order valence-corrected chi connectivity index (χ2v) is 7.48. The molecule has 0 saturated carbocycles. The Labute approximate surface area is 178 Å². The highest BCUT2D eigenvalue weighted by molar-refractivity contribution is 5.88. The molecule has 0 aromatic heterocycles. The van der Waals surface area contributed by atoms with Gasteiger partial charge in [0.2, 0.25) is 0 Å². The average molecular weight is 398 g/mol. The summed E-state index contributed by atoms with van der Waals surface area (Å²) in [6.45, 7) is 2.94. The van der Waals surface area contributed by atoms with E-state index in [1.54, 1.807) is 14.2 Å². The van der Waals surface area contributed by atoms with E-state index in [-0.39, 0.29) is 6.04 Å². The van der Waals surface area contributed by atoms with E-state index in [9.17, 15) is 0 Å². The molecule has 0 heterocycles. The number of methoxy groups -OCH3 is 2. The molecule has 0 saturated heterocycles. The summed E-state index contributed by atoms with van der Waals surface area (Å²) in [5, 5.41) is 6.09. The van der Waals surface area contributed by atoms with Crippen molar-refractivity contribution >= 4 is 10.8 Å². The molecule has 0 aliphatic rings. The van der Waals surface area contributed by atoms with E-state index in [4.69, 9.17) is 9.47 Å². The Morgan fingerprint density at radius 2 is 1.60 bits per heavy atom. The zero-order valence-corrected chi connectivity index (χ0v) is 17.7. The van der Waals surface area contributed by atoms with Crippen LogP contribution in [0.3, 0.4) is 0 Å². The minimum atomic E-state index is 0.214. The fourth-order valence-electron chi connectivity index (χ4n) is 3.75. The molecule has 0 aliphatic carbocycles. The summed E-state index contributed by atoms with van der Waals surface area (Å²) in [4.78, 5) is 0. The molecule has 0 bridgehead atoms. The van der Waals surface area contributed by atoms with Crippen molar-refractivity contribution in [3.8, 4) is 22.6 Å². The summed E-state index contributed by atoms with van der Waals surface area (Å²) in [5.41, 5.74) is 4.69. The van der Waals surface area contributed by atoms with Crippen LogP contribution in [0.15, 0.2) is 84.9 Å². The molecule has 4 aromatic carbocycles. The quantitative estimate of drug-likeness (QED) is 0.393. The first kappa shape index (κ1) is 20.0. The van der Waals surface area contributed by atoms with Crippen molar-refractivity contribution in [2.45, 2.75) is 19.5 Å². The van der Waals surface area contributed by atoms with Gasteiger partial charge in [-0.05, 0) is 64.7 Å². The summed E-state index contributed by atoms with van der Waals surface area (Å²) < 4.78 is 11.0. The third-order valence-electron chi connectivity index (χ3n) is 5.53. The second kappa shape index (κ2) is 9.02. The molecule has 1 N–H and O–H groups in total. The summed E-state index contributed by atoms with van der Waals surface area (Å²) >= 11 is 0. The maximum atomic E-state index is 5.65. The first-order chi connectivity index (χ1) is 14.7. The van der Waals surface area contributed by atoms with Crippen LogP contribution in [0, 0.1) is 0 Å². The minimum Gasteiger partial charge on any atom is -0.497 e. The third kappa shape index (κ3) is 4.32. The van der Waals surface area contributed by atoms with Crippen LogP contribution >= 0.6 is 0 Å². The summed E-state index contributed by atoms with van der Waals surface area (Å²) in [5.74, 6) is 1.76. The van der Waals surface area contributed by atoms with Gasteiger partial charge in [-0.1, -0.05) is 54.6 Å². The van der Waals surface area contributed by atoms with E-state index in [0.717, 1.165) is 29.2 Å². The van der Waals surface area contributed by atoms with Gasteiger partial charge in [0, 0.05) is 18.2 Å². The van der Waals surface area contributed by atoms with Gasteiger partial charge in [0.15, 0.2) is 0 Å². The lowest BCUT2D eigenvalue weighted by atomic mass is 9.98. The zero-order chi connectivity index (χ0) is 20.9. The summed E-state index contributed by atoms with van der Waals surface area (Å²) in [6, 6.07) is 29.8. The number of benzene rings is 4. The summed E-state index contributed by atoms with van der Waals surface area (Å²) in [6.07, 6.45) is 0. The maximum absolute atomic E-state index is 5.65. The fraction of sp³-hybridized carbons (Fsp3) is 0.185. The van der Waals surface area contributed by atoms with E-state index in [1.165, 1.54) is 21.9 Å². The van der Waals surface area contributed by atoms with E-state index < -0.39 is 0 Å². The number of nitrogens with one attached hydrogen (secondary N) is 1. The van der Waals surface area contributed by atoms with E-state index >= 15 is 0 Å². The Morgan fingerprint density at radius 3 is 2.40 bits per heavy atom. The molecule has 4 rings (SSSR count). The van der Waals surface area contributed by atoms with Crippen molar-refractivity contribution in [3.05, 3.63) is 96.1 Å². The molecule has 0 fully saturated rings. The number of hydrogen-bond acceptors (Lipinski definition) is 3. The van der Waals surface area contributed by atoms with Gasteiger partial charge >= 0.3 is 0 Å². The van der Waals surface area contributed by atoms with Crippen LogP contribution in [0.1, 0.15) is 24.1 Å². The predicted molar refractivity (Wildman–Crippen MR) is 124 cm³/mol. The zero-order valence-electron chi connectivity index (χ0n) is 17.7. The van der Waals surface area contributed by atoms with E-state index in [1.807, 2.05) is 12.1 Å². The Hall–Kier alpha value is -3.30. The Balaban J connectivity index is 1.57. The molecule has 0 aliphatic heterocycles. The van der Waals surface area contributed by atoms with Crippen LogP contribution in [-0.2, 0) is 6.54 Å². The first-order valence-electron chi connectivity index (χ1n) is 10.2. The maximum Gasteiger partial charge on any atom is 0.126 e. The van der Waals surface area contributed by atoms with Crippen LogP contribution < -0.4 is 14.8 Å². The molecule has 0 spiro atoms. The molecular formula is C27H27NO2. The largest absolute Gasteiger partial charge is 0.497 e. The van der Waals surface area contributed by atoms with E-state index in [0.29, 0.717) is 0 Å². The summed E-state index contributed by atoms with van der Waals surface area (Å²) in [7, 11) is 3.42. The van der Waals surface area contributed by atoms with Crippen molar-refractivity contribution < 1.29 is 9.47 Å². The Morgan fingerprint density at radius 1 is 0.767 bits per heavy atom. The van der Waals surface area contributed by atoms with Crippen LogP contribution in [0.4, 0.5) is 0 Å². The highest BCUT2D eigenvalue weighted by Gasteiger charge is 2.10. The molecule has 1 atom stereocenters. The standard InChI is InChI=1S/C27H27NO2/c1-19(22-9-6-10-25(17-22)29-2)28-18-20-11-14-27(30-3)26(15-20)24-13-12-21-7-4-5-8-23(21)16-24/h4-17,19,28H,18H2,1-3H3. The van der Waals surface area contributed by atoms with Gasteiger partial charge in [-0.3, -0.25) is 0 Å². The normalized spacial score (nSPS) is 12.0. The number of rotatable bonds is 7. The second-order valence-electron chi connectivity index (χ2n) is 7.48. The lowest BCUT2D eigenvalue weighted by Crippen LogP contribution is -2.18. The number of fused-ring (bicyclic) bond motifs is 1. The molecule has 0 amide bonds. The van der Waals surface area contributed by atoms with Crippen LogP contribution in [0.25, 0.3) is 21.9 Å². The van der Waals surface area contributed by atoms with Crippen molar-refractivity contribution in [2.75, 3.05) is 14.2 Å². The molecule has 3 nitrogen and oxygen atoms in total. The van der Waals surface area contributed by atoms with Crippen LogP contribution in [-0.4, -0.2) is 14.2 Å². The highest BCUT2D eigenvalue weighted by atomic mass is 16.5. The van der Waals surface area contributed by atoms with Crippen molar-refractivity contribution in [1.82, 2.24) is 5.32 Å². The smallest absolute Gasteiger partial charge is 0.126 e. The van der Waals surface area contributed by atoms with E-state index in [2.05, 4.69) is 85.0 Å². The molecule has 4 aromatic rings. The molecule has 30 heavy (non-hydrogen) atoms. The lowest BCUT2D eigenvalue weighted by Gasteiger charge is -2.17. The van der Waals surface area contributed by atoms with Crippen molar-refractivity contribution in [1.29, 1.82) is 0 Å². The molecule has 152 valence electrons. The Bertz CT molecular complexity index is 1150. The minimum absolute atomic E-state index is 0.214. The SMILES string of the molecule is COc1cccc(C(C)NCc2ccc(OC)c(-c3ccc4ccccc4c3)c2)c1. The van der Waals surface area contributed by atoms with Gasteiger partial charge in [0.1, 0.15) is 11.5 Å². The van der Waals surface area contributed by atoms with Crippen molar-refractivity contribution in [3.63, 3.8) is 0 Å². The fourth-order valence-corrected chi connectivity index (χ4v) is 3.75.